The lowest BCUT2D eigenvalue weighted by atomic mass is 10.0. The molecule has 3 nitrogen and oxygen atoms in total. The molecule has 0 aliphatic carbocycles. The minimum atomic E-state index is -0.125. The number of hydrogen-bond donors (Lipinski definition) is 0. The molecule has 2 aromatic rings. The van der Waals surface area contributed by atoms with Crippen molar-refractivity contribution in [3.8, 4) is 5.75 Å². The zero-order valence-corrected chi connectivity index (χ0v) is 13.9. The first kappa shape index (κ1) is 14.4. The van der Waals surface area contributed by atoms with E-state index in [1.54, 1.807) is 88.1 Å². The predicted molar refractivity (Wildman–Crippen MR) is 89.3 cm³/mol. The highest BCUT2D eigenvalue weighted by molar-refractivity contribution is 14.1. The van der Waals surface area contributed by atoms with E-state index in [9.17, 15) is 9.59 Å². The number of carbonyl (C=O) groups is 2. The van der Waals surface area contributed by atoms with E-state index < -0.39 is 0 Å². The Morgan fingerprint density at radius 3 is 2.21 bits per heavy atom. The van der Waals surface area contributed by atoms with Crippen LogP contribution in [0.2, 0.25) is 0 Å². The number of halogens is 2. The van der Waals surface area contributed by atoms with Crippen LogP contribution in [0.1, 0.15) is 26.3 Å². The van der Waals surface area contributed by atoms with Gasteiger partial charge in [0.2, 0.25) is 3.79 Å². The molecule has 0 spiro atoms. The predicted octanol–water partition coefficient (Wildman–Crippen LogP) is 4.22. The van der Waals surface area contributed by atoms with Gasteiger partial charge in [-0.15, -0.1) is 0 Å². The van der Waals surface area contributed by atoms with Gasteiger partial charge in [-0.1, -0.05) is 30.3 Å². The standard InChI is InChI=1S/C14H8I2O3/c15-14(18)10-6-7-11(12(8-10)19-16)13(17)9-4-2-1-3-5-9/h1-8H. The van der Waals surface area contributed by atoms with Gasteiger partial charge in [0.25, 0.3) is 0 Å². The fraction of sp³-hybridized carbons (Fsp3) is 0. The highest BCUT2D eigenvalue weighted by atomic mass is 127. The van der Waals surface area contributed by atoms with E-state index in [2.05, 4.69) is 0 Å². The Morgan fingerprint density at radius 1 is 0.947 bits per heavy atom. The second kappa shape index (κ2) is 6.47. The van der Waals surface area contributed by atoms with Crippen molar-refractivity contribution < 1.29 is 12.7 Å². The summed E-state index contributed by atoms with van der Waals surface area (Å²) in [6, 6.07) is 13.8. The summed E-state index contributed by atoms with van der Waals surface area (Å²) in [4.78, 5) is 23.6. The van der Waals surface area contributed by atoms with Crippen molar-refractivity contribution in [1.29, 1.82) is 0 Å². The molecule has 0 atom stereocenters. The summed E-state index contributed by atoms with van der Waals surface area (Å²) in [5.41, 5.74) is 1.55. The fourth-order valence-corrected chi connectivity index (χ4v) is 2.34. The molecule has 19 heavy (non-hydrogen) atoms. The molecule has 0 N–H and O–H groups in total. The molecule has 0 aromatic heterocycles. The lowest BCUT2D eigenvalue weighted by Crippen LogP contribution is -2.03. The average molecular weight is 478 g/mol. The molecule has 0 saturated carbocycles. The molecule has 0 aliphatic rings. The third-order valence-corrected chi connectivity index (χ3v) is 3.67. The van der Waals surface area contributed by atoms with Crippen LogP contribution in [-0.4, -0.2) is 9.57 Å². The van der Waals surface area contributed by atoms with E-state index in [4.69, 9.17) is 3.07 Å². The second-order valence-electron chi connectivity index (χ2n) is 3.76. The molecule has 0 bridgehead atoms. The molecule has 0 saturated heterocycles. The van der Waals surface area contributed by atoms with E-state index in [1.807, 2.05) is 6.07 Å². The van der Waals surface area contributed by atoms with Gasteiger partial charge in [-0.25, -0.2) is 0 Å². The van der Waals surface area contributed by atoms with Crippen LogP contribution in [0.3, 0.4) is 0 Å². The summed E-state index contributed by atoms with van der Waals surface area (Å²) >= 11 is 3.41. The first-order valence-corrected chi connectivity index (χ1v) is 7.31. The molecular formula is C14H8I2O3. The molecule has 0 fully saturated rings. The highest BCUT2D eigenvalue weighted by Crippen LogP contribution is 2.26. The molecule has 0 heterocycles. The molecule has 2 rings (SSSR count). The Balaban J connectivity index is 2.45. The molecule has 0 unspecified atom stereocenters. The van der Waals surface area contributed by atoms with Crippen molar-refractivity contribution >= 4 is 55.2 Å². The van der Waals surface area contributed by atoms with Crippen molar-refractivity contribution in [2.75, 3.05) is 0 Å². The van der Waals surface area contributed by atoms with Crippen LogP contribution in [-0.2, 0) is 0 Å². The molecule has 0 radical (unpaired) electrons. The van der Waals surface area contributed by atoms with Gasteiger partial charge in [0, 0.05) is 33.7 Å². The van der Waals surface area contributed by atoms with Gasteiger partial charge >= 0.3 is 0 Å². The Bertz CT molecular complexity index is 624. The van der Waals surface area contributed by atoms with Gasteiger partial charge in [0.05, 0.1) is 5.56 Å². The lowest BCUT2D eigenvalue weighted by molar-refractivity contribution is 0.103. The van der Waals surface area contributed by atoms with Crippen LogP contribution < -0.4 is 3.07 Å². The molecular weight excluding hydrogens is 470 g/mol. The lowest BCUT2D eigenvalue weighted by Gasteiger charge is -2.07. The Kier molecular flexibility index (Phi) is 4.92. The van der Waals surface area contributed by atoms with E-state index in [-0.39, 0.29) is 9.57 Å². The van der Waals surface area contributed by atoms with Gasteiger partial charge in [-0.2, -0.15) is 0 Å². The smallest absolute Gasteiger partial charge is 0.222 e. The van der Waals surface area contributed by atoms with Crippen molar-refractivity contribution in [3.05, 3.63) is 65.2 Å². The van der Waals surface area contributed by atoms with Gasteiger partial charge in [-0.3, -0.25) is 9.59 Å². The summed E-state index contributed by atoms with van der Waals surface area (Å²) < 4.78 is 5.08. The Morgan fingerprint density at radius 2 is 1.63 bits per heavy atom. The van der Waals surface area contributed by atoms with E-state index in [0.717, 1.165) is 0 Å². The summed E-state index contributed by atoms with van der Waals surface area (Å²) in [6.07, 6.45) is 0. The maximum absolute atomic E-state index is 12.3. The van der Waals surface area contributed by atoms with Crippen molar-refractivity contribution in [2.45, 2.75) is 0 Å². The third-order valence-electron chi connectivity index (χ3n) is 2.57. The van der Waals surface area contributed by atoms with E-state index in [0.29, 0.717) is 22.4 Å². The first-order valence-electron chi connectivity index (χ1n) is 5.35. The minimum Gasteiger partial charge on any atom is -0.427 e. The molecule has 5 heteroatoms. The molecule has 96 valence electrons. The Hall–Kier alpha value is -0.960. The first-order chi connectivity index (χ1) is 9.13. The van der Waals surface area contributed by atoms with Gasteiger partial charge in [-0.05, 0) is 18.2 Å². The summed E-state index contributed by atoms with van der Waals surface area (Å²) in [6.45, 7) is 0. The highest BCUT2D eigenvalue weighted by Gasteiger charge is 2.16. The van der Waals surface area contributed by atoms with Crippen LogP contribution in [0.4, 0.5) is 0 Å². The fourth-order valence-electron chi connectivity index (χ4n) is 1.64. The third kappa shape index (κ3) is 3.33. The number of benzene rings is 2. The molecule has 0 amide bonds. The number of ketones is 1. The van der Waals surface area contributed by atoms with Crippen LogP contribution in [0.15, 0.2) is 48.5 Å². The van der Waals surface area contributed by atoms with Crippen LogP contribution in [0.25, 0.3) is 0 Å². The number of carbonyl (C=O) groups excluding carboxylic acids is 2. The van der Waals surface area contributed by atoms with Gasteiger partial charge < -0.3 is 3.07 Å². The number of rotatable bonds is 4. The minimum absolute atomic E-state index is 0.0917. The maximum atomic E-state index is 12.3. The SMILES string of the molecule is O=C(I)c1ccc(C(=O)c2ccccc2)c(OI)c1. The quantitative estimate of drug-likeness (QED) is 0.376. The van der Waals surface area contributed by atoms with Crippen molar-refractivity contribution in [2.24, 2.45) is 0 Å². The number of hydrogen-bond acceptors (Lipinski definition) is 3. The van der Waals surface area contributed by atoms with Crippen molar-refractivity contribution in [1.82, 2.24) is 0 Å². The van der Waals surface area contributed by atoms with Crippen molar-refractivity contribution in [3.63, 3.8) is 0 Å². The molecule has 2 aromatic carbocycles. The largest absolute Gasteiger partial charge is 0.427 e. The summed E-state index contributed by atoms with van der Waals surface area (Å²) in [5, 5.41) is 0. The second-order valence-corrected chi connectivity index (χ2v) is 5.18. The topological polar surface area (TPSA) is 43.4 Å². The summed E-state index contributed by atoms with van der Waals surface area (Å²) in [7, 11) is 0. The van der Waals surface area contributed by atoms with E-state index >= 15 is 0 Å². The van der Waals surface area contributed by atoms with Gasteiger partial charge in [0.1, 0.15) is 5.75 Å². The van der Waals surface area contributed by atoms with E-state index in [1.165, 1.54) is 0 Å². The summed E-state index contributed by atoms with van der Waals surface area (Å²) in [5.74, 6) is 0.275. The average Bonchev–Trinajstić information content (AvgIpc) is 2.46. The van der Waals surface area contributed by atoms with Crippen LogP contribution >= 0.6 is 45.6 Å². The Labute approximate surface area is 138 Å². The van der Waals surface area contributed by atoms with Gasteiger partial charge in [0.15, 0.2) is 28.8 Å². The van der Waals surface area contributed by atoms with Crippen LogP contribution in [0, 0.1) is 0 Å². The zero-order valence-electron chi connectivity index (χ0n) is 9.60. The molecule has 0 aliphatic heterocycles. The monoisotopic (exact) mass is 478 g/mol. The zero-order chi connectivity index (χ0) is 13.8. The van der Waals surface area contributed by atoms with Crippen LogP contribution in [0.5, 0.6) is 5.75 Å². The normalized spacial score (nSPS) is 10.0. The maximum Gasteiger partial charge on any atom is 0.222 e.